The molecule has 0 saturated carbocycles. The zero-order chi connectivity index (χ0) is 31.7. The van der Waals surface area contributed by atoms with Crippen molar-refractivity contribution >= 4 is 39.1 Å². The van der Waals surface area contributed by atoms with E-state index in [1.54, 1.807) is 18.2 Å². The zero-order valence-corrected chi connectivity index (χ0v) is 25.9. The standard InChI is InChI=1S/C33H33ClFN3O5S/c1-3-43-28-17-15-27(16-18-28)38(44(41,42)29-19-13-26(34)14-20-29)23-32(39)37(22-25-11-7-8-12-30(25)35)31(33(40)36-2)21-24-9-5-4-6-10-24/h4-20,31H,3,21-23H2,1-2H3,(H,36,40). The summed E-state index contributed by atoms with van der Waals surface area (Å²) in [4.78, 5) is 28.7. The summed E-state index contributed by atoms with van der Waals surface area (Å²) in [7, 11) is -2.86. The van der Waals surface area contributed by atoms with E-state index in [4.69, 9.17) is 16.3 Å². The first-order chi connectivity index (χ1) is 21.1. The number of sulfonamides is 1. The molecule has 4 aromatic rings. The number of amides is 2. The number of nitrogens with one attached hydrogen (secondary N) is 1. The lowest BCUT2D eigenvalue weighted by Crippen LogP contribution is -2.53. The van der Waals surface area contributed by atoms with Crippen molar-refractivity contribution in [2.24, 2.45) is 0 Å². The van der Waals surface area contributed by atoms with Crippen LogP contribution in [0.1, 0.15) is 18.1 Å². The van der Waals surface area contributed by atoms with Gasteiger partial charge in [-0.1, -0.05) is 60.1 Å². The number of hydrogen-bond donors (Lipinski definition) is 1. The van der Waals surface area contributed by atoms with Crippen LogP contribution in [0.15, 0.2) is 108 Å². The van der Waals surface area contributed by atoms with Crippen LogP contribution < -0.4 is 14.4 Å². The van der Waals surface area contributed by atoms with Gasteiger partial charge in [0.25, 0.3) is 10.0 Å². The summed E-state index contributed by atoms with van der Waals surface area (Å²) in [5.74, 6) is -1.22. The van der Waals surface area contributed by atoms with E-state index in [1.165, 1.54) is 66.5 Å². The Morgan fingerprint density at radius 2 is 1.55 bits per heavy atom. The molecule has 1 unspecified atom stereocenters. The molecular weight excluding hydrogens is 605 g/mol. The number of anilines is 1. The van der Waals surface area contributed by atoms with E-state index in [0.717, 1.165) is 9.87 Å². The lowest BCUT2D eigenvalue weighted by Gasteiger charge is -2.33. The highest BCUT2D eigenvalue weighted by Crippen LogP contribution is 2.28. The molecule has 0 bridgehead atoms. The van der Waals surface area contributed by atoms with Crippen LogP contribution in [0.4, 0.5) is 10.1 Å². The van der Waals surface area contributed by atoms with Crippen molar-refractivity contribution in [1.82, 2.24) is 10.2 Å². The van der Waals surface area contributed by atoms with Crippen molar-refractivity contribution in [2.45, 2.75) is 30.8 Å². The largest absolute Gasteiger partial charge is 0.494 e. The fourth-order valence-corrected chi connectivity index (χ4v) is 6.21. The number of carbonyl (C=O) groups excluding carboxylic acids is 2. The molecule has 8 nitrogen and oxygen atoms in total. The van der Waals surface area contributed by atoms with Gasteiger partial charge in [-0.25, -0.2) is 12.8 Å². The fraction of sp³-hybridized carbons (Fsp3) is 0.212. The average Bonchev–Trinajstić information content (AvgIpc) is 3.03. The third-order valence-corrected chi connectivity index (χ3v) is 8.97. The Bertz CT molecular complexity index is 1670. The molecule has 0 aliphatic heterocycles. The van der Waals surface area contributed by atoms with Crippen LogP contribution >= 0.6 is 11.6 Å². The van der Waals surface area contributed by atoms with Gasteiger partial charge >= 0.3 is 0 Å². The molecule has 0 saturated heterocycles. The minimum atomic E-state index is -4.30. The van der Waals surface area contributed by atoms with Crippen LogP contribution in [0.25, 0.3) is 0 Å². The fourth-order valence-electron chi connectivity index (χ4n) is 4.67. The summed E-state index contributed by atoms with van der Waals surface area (Å²) < 4.78 is 49.4. The third-order valence-electron chi connectivity index (χ3n) is 6.93. The minimum absolute atomic E-state index is 0.0867. The van der Waals surface area contributed by atoms with Crippen molar-refractivity contribution in [2.75, 3.05) is 24.5 Å². The summed E-state index contributed by atoms with van der Waals surface area (Å²) in [6, 6.07) is 25.8. The van der Waals surface area contributed by atoms with E-state index in [0.29, 0.717) is 17.4 Å². The SMILES string of the molecule is CCOc1ccc(N(CC(=O)N(Cc2ccccc2F)C(Cc2ccccc2)C(=O)NC)S(=O)(=O)c2ccc(Cl)cc2)cc1. The second kappa shape index (κ2) is 14.9. The first-order valence-electron chi connectivity index (χ1n) is 13.9. The van der Waals surface area contributed by atoms with Crippen LogP contribution in [-0.2, 0) is 32.6 Å². The maximum absolute atomic E-state index is 14.9. The number of rotatable bonds is 13. The number of nitrogens with zero attached hydrogens (tertiary/aromatic N) is 2. The zero-order valence-electron chi connectivity index (χ0n) is 24.3. The maximum atomic E-state index is 14.9. The molecule has 0 fully saturated rings. The molecule has 1 atom stereocenters. The lowest BCUT2D eigenvalue weighted by atomic mass is 10.0. The molecule has 0 radical (unpaired) electrons. The smallest absolute Gasteiger partial charge is 0.264 e. The maximum Gasteiger partial charge on any atom is 0.264 e. The number of hydrogen-bond acceptors (Lipinski definition) is 5. The van der Waals surface area contributed by atoms with E-state index in [-0.39, 0.29) is 29.1 Å². The van der Waals surface area contributed by atoms with Gasteiger partial charge in [0, 0.05) is 30.6 Å². The van der Waals surface area contributed by atoms with Gasteiger partial charge in [-0.15, -0.1) is 0 Å². The Morgan fingerprint density at radius 1 is 0.909 bits per heavy atom. The molecule has 2 amide bonds. The summed E-state index contributed by atoms with van der Waals surface area (Å²) in [6.45, 7) is 1.30. The number of ether oxygens (including phenoxy) is 1. The number of halogens is 2. The van der Waals surface area contributed by atoms with Crippen molar-refractivity contribution in [3.8, 4) is 5.75 Å². The van der Waals surface area contributed by atoms with Crippen molar-refractivity contribution < 1.29 is 27.1 Å². The lowest BCUT2D eigenvalue weighted by molar-refractivity contribution is -0.139. The summed E-state index contributed by atoms with van der Waals surface area (Å²) >= 11 is 6.01. The Hall–Kier alpha value is -4.41. The molecule has 11 heteroatoms. The monoisotopic (exact) mass is 637 g/mol. The highest BCUT2D eigenvalue weighted by Gasteiger charge is 2.34. The number of benzene rings is 4. The predicted octanol–water partition coefficient (Wildman–Crippen LogP) is 5.46. The molecule has 0 heterocycles. The van der Waals surface area contributed by atoms with Crippen LogP contribution in [-0.4, -0.2) is 51.4 Å². The molecule has 4 rings (SSSR count). The van der Waals surface area contributed by atoms with Gasteiger partial charge in [0.2, 0.25) is 11.8 Å². The Balaban J connectivity index is 1.79. The molecule has 0 aliphatic carbocycles. The van der Waals surface area contributed by atoms with E-state index < -0.39 is 40.2 Å². The minimum Gasteiger partial charge on any atom is -0.494 e. The van der Waals surface area contributed by atoms with Gasteiger partial charge in [0.05, 0.1) is 17.2 Å². The number of likely N-dealkylation sites (N-methyl/N-ethyl adjacent to an activating group) is 1. The summed E-state index contributed by atoms with van der Waals surface area (Å²) in [6.07, 6.45) is 0.119. The van der Waals surface area contributed by atoms with Gasteiger partial charge in [0.1, 0.15) is 24.2 Å². The van der Waals surface area contributed by atoms with Gasteiger partial charge < -0.3 is 15.0 Å². The second-order valence-electron chi connectivity index (χ2n) is 9.83. The first kappa shape index (κ1) is 32.5. The van der Waals surface area contributed by atoms with Crippen molar-refractivity contribution in [3.05, 3.63) is 125 Å². The van der Waals surface area contributed by atoms with Crippen LogP contribution in [0.5, 0.6) is 5.75 Å². The predicted molar refractivity (Wildman–Crippen MR) is 169 cm³/mol. The molecule has 0 aliphatic rings. The van der Waals surface area contributed by atoms with Crippen molar-refractivity contribution in [1.29, 1.82) is 0 Å². The highest BCUT2D eigenvalue weighted by atomic mass is 35.5. The molecule has 4 aromatic carbocycles. The van der Waals surface area contributed by atoms with Crippen molar-refractivity contribution in [3.63, 3.8) is 0 Å². The molecule has 0 aromatic heterocycles. The topological polar surface area (TPSA) is 96.0 Å². The summed E-state index contributed by atoms with van der Waals surface area (Å²) in [5.41, 5.74) is 1.14. The number of carbonyl (C=O) groups is 2. The first-order valence-corrected chi connectivity index (χ1v) is 15.8. The summed E-state index contributed by atoms with van der Waals surface area (Å²) in [5, 5.41) is 2.95. The quantitative estimate of drug-likeness (QED) is 0.210. The third kappa shape index (κ3) is 7.94. The van der Waals surface area contributed by atoms with Gasteiger partial charge in [0.15, 0.2) is 0 Å². The Labute approximate surface area is 262 Å². The molecule has 0 spiro atoms. The van der Waals surface area contributed by atoms with Gasteiger partial charge in [-0.3, -0.25) is 13.9 Å². The Morgan fingerprint density at radius 3 is 2.16 bits per heavy atom. The highest BCUT2D eigenvalue weighted by molar-refractivity contribution is 7.92. The van der Waals surface area contributed by atoms with Crippen LogP contribution in [0.3, 0.4) is 0 Å². The van der Waals surface area contributed by atoms with Gasteiger partial charge in [-0.2, -0.15) is 0 Å². The van der Waals surface area contributed by atoms with E-state index in [9.17, 15) is 22.4 Å². The van der Waals surface area contributed by atoms with E-state index in [1.807, 2.05) is 37.3 Å². The average molecular weight is 638 g/mol. The Kier molecular flexibility index (Phi) is 11.0. The molecule has 1 N–H and O–H groups in total. The van der Waals surface area contributed by atoms with Gasteiger partial charge in [-0.05, 0) is 67.1 Å². The molecule has 44 heavy (non-hydrogen) atoms. The van der Waals surface area contributed by atoms with Crippen LogP contribution in [0, 0.1) is 5.82 Å². The van der Waals surface area contributed by atoms with Crippen LogP contribution in [0.2, 0.25) is 5.02 Å². The molecule has 230 valence electrons. The second-order valence-corrected chi connectivity index (χ2v) is 12.1. The normalized spacial score (nSPS) is 11.8. The van der Waals surface area contributed by atoms with E-state index in [2.05, 4.69) is 5.32 Å². The molecular formula is C33H33ClFN3O5S. The van der Waals surface area contributed by atoms with E-state index >= 15 is 0 Å².